The second-order valence-corrected chi connectivity index (χ2v) is 6.56. The standard InChI is InChI=1S/C19H20Cl2N2O2/c1-13-5-3-4-6-15(13)11-19(25)22-9-10-23(14(2)24)18-8-7-16(20)12-17(18)21/h3-8,12H,9-11H2,1-2H3,(H,22,25). The van der Waals surface area contributed by atoms with Crippen molar-refractivity contribution in [3.05, 3.63) is 63.6 Å². The van der Waals surface area contributed by atoms with Crippen LogP contribution in [0.25, 0.3) is 0 Å². The minimum absolute atomic E-state index is 0.0833. The van der Waals surface area contributed by atoms with Crippen molar-refractivity contribution in [3.63, 3.8) is 0 Å². The molecule has 0 radical (unpaired) electrons. The van der Waals surface area contributed by atoms with E-state index in [1.54, 1.807) is 18.2 Å². The fourth-order valence-corrected chi connectivity index (χ4v) is 3.01. The number of carbonyl (C=O) groups is 2. The first-order valence-electron chi connectivity index (χ1n) is 7.93. The van der Waals surface area contributed by atoms with E-state index < -0.39 is 0 Å². The number of rotatable bonds is 6. The Kier molecular flexibility index (Phi) is 6.85. The first-order valence-corrected chi connectivity index (χ1v) is 8.68. The summed E-state index contributed by atoms with van der Waals surface area (Å²) >= 11 is 12.1. The van der Waals surface area contributed by atoms with E-state index in [4.69, 9.17) is 23.2 Å². The second kappa shape index (κ2) is 8.88. The number of nitrogens with one attached hydrogen (secondary N) is 1. The van der Waals surface area contributed by atoms with E-state index in [1.165, 1.54) is 11.8 Å². The molecule has 0 aliphatic carbocycles. The van der Waals surface area contributed by atoms with Crippen LogP contribution in [0.15, 0.2) is 42.5 Å². The van der Waals surface area contributed by atoms with Crippen molar-refractivity contribution in [1.29, 1.82) is 0 Å². The van der Waals surface area contributed by atoms with E-state index in [9.17, 15) is 9.59 Å². The highest BCUT2D eigenvalue weighted by atomic mass is 35.5. The summed E-state index contributed by atoms with van der Waals surface area (Å²) in [7, 11) is 0. The summed E-state index contributed by atoms with van der Waals surface area (Å²) in [4.78, 5) is 25.5. The predicted octanol–water partition coefficient (Wildman–Crippen LogP) is 4.01. The van der Waals surface area contributed by atoms with Gasteiger partial charge in [0.1, 0.15) is 0 Å². The maximum Gasteiger partial charge on any atom is 0.224 e. The van der Waals surface area contributed by atoms with Crippen LogP contribution < -0.4 is 10.2 Å². The van der Waals surface area contributed by atoms with Crippen LogP contribution in [0.5, 0.6) is 0 Å². The van der Waals surface area contributed by atoms with Gasteiger partial charge in [0, 0.05) is 25.0 Å². The summed E-state index contributed by atoms with van der Waals surface area (Å²) < 4.78 is 0. The van der Waals surface area contributed by atoms with Gasteiger partial charge in [0.25, 0.3) is 0 Å². The minimum atomic E-state index is -0.155. The van der Waals surface area contributed by atoms with Crippen molar-refractivity contribution >= 4 is 40.7 Å². The number of amides is 2. The normalized spacial score (nSPS) is 10.4. The van der Waals surface area contributed by atoms with Crippen molar-refractivity contribution in [2.24, 2.45) is 0 Å². The molecule has 0 spiro atoms. The van der Waals surface area contributed by atoms with Crippen LogP contribution in [0.4, 0.5) is 5.69 Å². The van der Waals surface area contributed by atoms with Crippen LogP contribution in [0.1, 0.15) is 18.1 Å². The van der Waals surface area contributed by atoms with Crippen molar-refractivity contribution in [1.82, 2.24) is 5.32 Å². The molecular weight excluding hydrogens is 359 g/mol. The molecule has 0 atom stereocenters. The van der Waals surface area contributed by atoms with Crippen LogP contribution >= 0.6 is 23.2 Å². The molecule has 0 heterocycles. The first-order chi connectivity index (χ1) is 11.9. The highest BCUT2D eigenvalue weighted by Gasteiger charge is 2.15. The van der Waals surface area contributed by atoms with Gasteiger partial charge in [0.05, 0.1) is 17.1 Å². The van der Waals surface area contributed by atoms with Crippen molar-refractivity contribution < 1.29 is 9.59 Å². The number of nitrogens with zero attached hydrogens (tertiary/aromatic N) is 1. The molecule has 0 bridgehead atoms. The molecule has 25 heavy (non-hydrogen) atoms. The Morgan fingerprint density at radius 3 is 2.48 bits per heavy atom. The van der Waals surface area contributed by atoms with E-state index in [1.807, 2.05) is 31.2 Å². The Morgan fingerprint density at radius 2 is 1.84 bits per heavy atom. The Labute approximate surface area is 157 Å². The largest absolute Gasteiger partial charge is 0.354 e. The number of halogens is 2. The number of benzene rings is 2. The maximum atomic E-state index is 12.1. The van der Waals surface area contributed by atoms with Gasteiger partial charge in [-0.3, -0.25) is 9.59 Å². The van der Waals surface area contributed by atoms with E-state index >= 15 is 0 Å². The fraction of sp³-hybridized carbons (Fsp3) is 0.263. The molecule has 0 aliphatic rings. The van der Waals surface area contributed by atoms with Crippen LogP contribution in [0.3, 0.4) is 0 Å². The lowest BCUT2D eigenvalue weighted by Gasteiger charge is -2.22. The molecule has 0 aromatic heterocycles. The average molecular weight is 379 g/mol. The molecule has 0 unspecified atom stereocenters. The highest BCUT2D eigenvalue weighted by Crippen LogP contribution is 2.28. The molecule has 2 amide bonds. The zero-order valence-electron chi connectivity index (χ0n) is 14.2. The smallest absolute Gasteiger partial charge is 0.224 e. The highest BCUT2D eigenvalue weighted by molar-refractivity contribution is 6.36. The molecule has 0 aliphatic heterocycles. The van der Waals surface area contributed by atoms with E-state index in [2.05, 4.69) is 5.32 Å². The van der Waals surface area contributed by atoms with Gasteiger partial charge in [0.15, 0.2) is 0 Å². The monoisotopic (exact) mass is 378 g/mol. The average Bonchev–Trinajstić information content (AvgIpc) is 2.54. The van der Waals surface area contributed by atoms with Gasteiger partial charge in [-0.2, -0.15) is 0 Å². The molecule has 1 N–H and O–H groups in total. The van der Waals surface area contributed by atoms with Gasteiger partial charge < -0.3 is 10.2 Å². The van der Waals surface area contributed by atoms with E-state index in [0.29, 0.717) is 35.2 Å². The summed E-state index contributed by atoms with van der Waals surface area (Å²) in [5, 5.41) is 3.74. The molecule has 6 heteroatoms. The van der Waals surface area contributed by atoms with E-state index in [-0.39, 0.29) is 11.8 Å². The summed E-state index contributed by atoms with van der Waals surface area (Å²) in [6, 6.07) is 12.7. The number of anilines is 1. The van der Waals surface area contributed by atoms with Gasteiger partial charge in [-0.15, -0.1) is 0 Å². The molecule has 2 aromatic carbocycles. The molecule has 0 saturated heterocycles. The number of carbonyl (C=O) groups excluding carboxylic acids is 2. The Morgan fingerprint density at radius 1 is 1.12 bits per heavy atom. The van der Waals surface area contributed by atoms with Crippen LogP contribution in [0, 0.1) is 6.92 Å². The van der Waals surface area contributed by atoms with Crippen molar-refractivity contribution in [2.75, 3.05) is 18.0 Å². The van der Waals surface area contributed by atoms with Crippen LogP contribution in [-0.2, 0) is 16.0 Å². The second-order valence-electron chi connectivity index (χ2n) is 5.72. The lowest BCUT2D eigenvalue weighted by Crippen LogP contribution is -2.38. The Bertz CT molecular complexity index is 778. The number of aryl methyl sites for hydroxylation is 1. The topological polar surface area (TPSA) is 49.4 Å². The number of hydrogen-bond acceptors (Lipinski definition) is 2. The molecule has 2 aromatic rings. The minimum Gasteiger partial charge on any atom is -0.354 e. The maximum absolute atomic E-state index is 12.1. The van der Waals surface area contributed by atoms with Gasteiger partial charge in [-0.1, -0.05) is 47.5 Å². The summed E-state index contributed by atoms with van der Waals surface area (Å²) in [5.74, 6) is -0.239. The lowest BCUT2D eigenvalue weighted by molar-refractivity contribution is -0.121. The fourth-order valence-electron chi connectivity index (χ4n) is 2.50. The van der Waals surface area contributed by atoms with Crippen molar-refractivity contribution in [2.45, 2.75) is 20.3 Å². The summed E-state index contributed by atoms with van der Waals surface area (Å²) in [6.07, 6.45) is 0.314. The number of hydrogen-bond donors (Lipinski definition) is 1. The zero-order valence-corrected chi connectivity index (χ0v) is 15.7. The summed E-state index contributed by atoms with van der Waals surface area (Å²) in [5.41, 5.74) is 2.65. The van der Waals surface area contributed by atoms with Gasteiger partial charge in [0.2, 0.25) is 11.8 Å². The molecule has 0 fully saturated rings. The lowest BCUT2D eigenvalue weighted by atomic mass is 10.1. The molecule has 4 nitrogen and oxygen atoms in total. The molecule has 2 rings (SSSR count). The third-order valence-electron chi connectivity index (χ3n) is 3.85. The third-order valence-corrected chi connectivity index (χ3v) is 4.39. The van der Waals surface area contributed by atoms with Gasteiger partial charge in [-0.05, 0) is 36.2 Å². The van der Waals surface area contributed by atoms with Crippen molar-refractivity contribution in [3.8, 4) is 0 Å². The molecule has 0 saturated carbocycles. The summed E-state index contributed by atoms with van der Waals surface area (Å²) in [6.45, 7) is 4.10. The first kappa shape index (κ1) is 19.3. The molecular formula is C19H20Cl2N2O2. The quantitative estimate of drug-likeness (QED) is 0.825. The molecule has 132 valence electrons. The SMILES string of the molecule is CC(=O)N(CCNC(=O)Cc1ccccc1C)c1ccc(Cl)cc1Cl. The Hall–Kier alpha value is -2.04. The third kappa shape index (κ3) is 5.48. The zero-order chi connectivity index (χ0) is 18.4. The van der Waals surface area contributed by atoms with Crippen LogP contribution in [0.2, 0.25) is 10.0 Å². The van der Waals surface area contributed by atoms with Crippen LogP contribution in [-0.4, -0.2) is 24.9 Å². The predicted molar refractivity (Wildman–Crippen MR) is 102 cm³/mol. The Balaban J connectivity index is 1.94. The van der Waals surface area contributed by atoms with Gasteiger partial charge >= 0.3 is 0 Å². The van der Waals surface area contributed by atoms with E-state index in [0.717, 1.165) is 11.1 Å². The van der Waals surface area contributed by atoms with Gasteiger partial charge in [-0.25, -0.2) is 0 Å².